The Hall–Kier alpha value is -2.28. The number of sulfonamides is 1. The van der Waals surface area contributed by atoms with Crippen molar-refractivity contribution in [3.8, 4) is 17.2 Å². The molecule has 0 bridgehead atoms. The molecule has 0 atom stereocenters. The van der Waals surface area contributed by atoms with Crippen molar-refractivity contribution in [3.63, 3.8) is 0 Å². The van der Waals surface area contributed by atoms with Crippen LogP contribution in [0.1, 0.15) is 18.9 Å². The largest absolute Gasteiger partial charge is 0.504 e. The summed E-state index contributed by atoms with van der Waals surface area (Å²) in [6.45, 7) is 2.31. The van der Waals surface area contributed by atoms with Crippen LogP contribution in [0, 0.1) is 5.82 Å². The number of hydrogen-bond donors (Lipinski definition) is 1. The van der Waals surface area contributed by atoms with Gasteiger partial charge in [-0.2, -0.15) is 0 Å². The van der Waals surface area contributed by atoms with Crippen LogP contribution in [-0.4, -0.2) is 25.8 Å². The van der Waals surface area contributed by atoms with Crippen molar-refractivity contribution < 1.29 is 22.7 Å². The first-order valence-electron chi connectivity index (χ1n) is 7.70. The first-order valence-corrected chi connectivity index (χ1v) is 9.31. The van der Waals surface area contributed by atoms with E-state index in [1.807, 2.05) is 6.92 Å². The zero-order valence-corrected chi connectivity index (χ0v) is 14.0. The van der Waals surface area contributed by atoms with E-state index in [4.69, 9.17) is 4.74 Å². The second-order valence-corrected chi connectivity index (χ2v) is 7.63. The Morgan fingerprint density at radius 2 is 1.96 bits per heavy atom. The van der Waals surface area contributed by atoms with Crippen molar-refractivity contribution in [1.29, 1.82) is 0 Å². The summed E-state index contributed by atoms with van der Waals surface area (Å²) >= 11 is 0. The minimum absolute atomic E-state index is 0.0695. The number of hydrogen-bond acceptors (Lipinski definition) is 4. The van der Waals surface area contributed by atoms with Crippen molar-refractivity contribution in [2.24, 2.45) is 0 Å². The SMILES string of the molecule is CCc1ccc(Oc2ccc(N3CCCS3(=O)=O)cc2F)c(O)c1. The lowest BCUT2D eigenvalue weighted by atomic mass is 10.1. The quantitative estimate of drug-likeness (QED) is 0.916. The number of ether oxygens (including phenoxy) is 1. The highest BCUT2D eigenvalue weighted by Gasteiger charge is 2.29. The Morgan fingerprint density at radius 1 is 1.21 bits per heavy atom. The number of phenolic OH excluding ortho intramolecular Hbond substituents is 1. The van der Waals surface area contributed by atoms with E-state index >= 15 is 0 Å². The number of halogens is 1. The fraction of sp³-hybridized carbons (Fsp3) is 0.294. The normalized spacial score (nSPS) is 16.3. The van der Waals surface area contributed by atoms with Crippen molar-refractivity contribution in [2.45, 2.75) is 19.8 Å². The number of aromatic hydroxyl groups is 1. The van der Waals surface area contributed by atoms with E-state index in [9.17, 15) is 17.9 Å². The summed E-state index contributed by atoms with van der Waals surface area (Å²) < 4.78 is 44.7. The summed E-state index contributed by atoms with van der Waals surface area (Å²) in [5, 5.41) is 9.94. The van der Waals surface area contributed by atoms with Gasteiger partial charge in [-0.05, 0) is 42.7 Å². The zero-order valence-electron chi connectivity index (χ0n) is 13.2. The van der Waals surface area contributed by atoms with Crippen LogP contribution in [0.5, 0.6) is 17.2 Å². The van der Waals surface area contributed by atoms with E-state index in [0.717, 1.165) is 18.1 Å². The zero-order chi connectivity index (χ0) is 17.3. The molecule has 2 aromatic carbocycles. The number of nitrogens with zero attached hydrogens (tertiary/aromatic N) is 1. The van der Waals surface area contributed by atoms with Crippen LogP contribution in [0.15, 0.2) is 36.4 Å². The predicted molar refractivity (Wildman–Crippen MR) is 89.7 cm³/mol. The molecular weight excluding hydrogens is 333 g/mol. The Labute approximate surface area is 140 Å². The minimum atomic E-state index is -3.36. The molecule has 0 unspecified atom stereocenters. The summed E-state index contributed by atoms with van der Waals surface area (Å²) in [4.78, 5) is 0. The molecule has 1 fully saturated rings. The molecule has 7 heteroatoms. The minimum Gasteiger partial charge on any atom is -0.504 e. The van der Waals surface area contributed by atoms with Gasteiger partial charge in [0.05, 0.1) is 11.4 Å². The monoisotopic (exact) mass is 351 g/mol. The summed E-state index contributed by atoms with van der Waals surface area (Å²) in [7, 11) is -3.36. The van der Waals surface area contributed by atoms with Gasteiger partial charge in [0, 0.05) is 12.6 Å². The van der Waals surface area contributed by atoms with Gasteiger partial charge < -0.3 is 9.84 Å². The Kier molecular flexibility index (Phi) is 4.36. The molecule has 1 heterocycles. The van der Waals surface area contributed by atoms with Gasteiger partial charge >= 0.3 is 0 Å². The summed E-state index contributed by atoms with van der Waals surface area (Å²) in [6.07, 6.45) is 1.29. The first-order chi connectivity index (χ1) is 11.4. The predicted octanol–water partition coefficient (Wildman–Crippen LogP) is 3.43. The second-order valence-electron chi connectivity index (χ2n) is 5.61. The summed E-state index contributed by atoms with van der Waals surface area (Å²) in [5.74, 6) is -0.610. The van der Waals surface area contributed by atoms with Crippen molar-refractivity contribution in [2.75, 3.05) is 16.6 Å². The van der Waals surface area contributed by atoms with E-state index in [-0.39, 0.29) is 28.7 Å². The van der Waals surface area contributed by atoms with E-state index in [1.54, 1.807) is 18.2 Å². The van der Waals surface area contributed by atoms with Crippen molar-refractivity contribution in [1.82, 2.24) is 0 Å². The molecule has 2 aromatic rings. The van der Waals surface area contributed by atoms with Crippen LogP contribution in [-0.2, 0) is 16.4 Å². The lowest BCUT2D eigenvalue weighted by molar-refractivity contribution is 0.395. The molecule has 0 saturated carbocycles. The van der Waals surface area contributed by atoms with Gasteiger partial charge in [-0.25, -0.2) is 12.8 Å². The van der Waals surface area contributed by atoms with E-state index in [2.05, 4.69) is 0 Å². The average Bonchev–Trinajstić information content (AvgIpc) is 2.90. The van der Waals surface area contributed by atoms with Crippen LogP contribution in [0.4, 0.5) is 10.1 Å². The van der Waals surface area contributed by atoms with Crippen LogP contribution >= 0.6 is 0 Å². The fourth-order valence-corrected chi connectivity index (χ4v) is 4.20. The van der Waals surface area contributed by atoms with E-state index in [1.165, 1.54) is 16.4 Å². The number of rotatable bonds is 4. The number of anilines is 1. The molecule has 5 nitrogen and oxygen atoms in total. The molecule has 128 valence electrons. The van der Waals surface area contributed by atoms with Gasteiger partial charge in [0.2, 0.25) is 10.0 Å². The van der Waals surface area contributed by atoms with Gasteiger partial charge in [0.15, 0.2) is 23.1 Å². The molecule has 3 rings (SSSR count). The van der Waals surface area contributed by atoms with Crippen molar-refractivity contribution in [3.05, 3.63) is 47.8 Å². The molecule has 0 radical (unpaired) electrons. The van der Waals surface area contributed by atoms with Crippen LogP contribution in [0.25, 0.3) is 0 Å². The molecule has 1 aliphatic rings. The Balaban J connectivity index is 1.86. The second kappa shape index (κ2) is 6.32. The molecular formula is C17H18FNO4S. The van der Waals surface area contributed by atoms with Crippen molar-refractivity contribution >= 4 is 15.7 Å². The third-order valence-corrected chi connectivity index (χ3v) is 5.82. The number of phenols is 1. The van der Waals surface area contributed by atoms with Gasteiger partial charge in [-0.3, -0.25) is 4.31 Å². The third kappa shape index (κ3) is 3.17. The Morgan fingerprint density at radius 3 is 2.54 bits per heavy atom. The third-order valence-electron chi connectivity index (χ3n) is 3.95. The topological polar surface area (TPSA) is 66.8 Å². The molecule has 24 heavy (non-hydrogen) atoms. The lowest BCUT2D eigenvalue weighted by Crippen LogP contribution is -2.25. The molecule has 0 amide bonds. The Bertz CT molecular complexity index is 867. The van der Waals surface area contributed by atoms with Gasteiger partial charge in [0.1, 0.15) is 0 Å². The van der Waals surface area contributed by atoms with Crippen LogP contribution in [0.3, 0.4) is 0 Å². The maximum absolute atomic E-state index is 14.3. The number of aryl methyl sites for hydroxylation is 1. The van der Waals surface area contributed by atoms with E-state index in [0.29, 0.717) is 13.0 Å². The van der Waals surface area contributed by atoms with Gasteiger partial charge in [0.25, 0.3) is 0 Å². The highest BCUT2D eigenvalue weighted by Crippen LogP contribution is 2.35. The smallest absolute Gasteiger partial charge is 0.235 e. The summed E-state index contributed by atoms with van der Waals surface area (Å²) in [6, 6.07) is 8.93. The molecule has 0 aliphatic carbocycles. The number of benzene rings is 2. The van der Waals surface area contributed by atoms with Crippen LogP contribution in [0.2, 0.25) is 0 Å². The molecule has 0 spiro atoms. The maximum atomic E-state index is 14.3. The lowest BCUT2D eigenvalue weighted by Gasteiger charge is -2.17. The highest BCUT2D eigenvalue weighted by atomic mass is 32.2. The molecule has 1 saturated heterocycles. The maximum Gasteiger partial charge on any atom is 0.235 e. The average molecular weight is 351 g/mol. The fourth-order valence-electron chi connectivity index (χ4n) is 2.64. The first kappa shape index (κ1) is 16.6. The summed E-state index contributed by atoms with van der Waals surface area (Å²) in [5.41, 5.74) is 1.22. The molecule has 1 N–H and O–H groups in total. The highest BCUT2D eigenvalue weighted by molar-refractivity contribution is 7.93. The molecule has 0 aromatic heterocycles. The van der Waals surface area contributed by atoms with Crippen LogP contribution < -0.4 is 9.04 Å². The standard InChI is InChI=1S/C17H18FNO4S/c1-2-12-4-6-17(15(20)10-12)23-16-7-5-13(11-14(16)18)19-8-3-9-24(19,21)22/h4-7,10-11,20H,2-3,8-9H2,1H3. The van der Waals surface area contributed by atoms with Gasteiger partial charge in [-0.1, -0.05) is 13.0 Å². The van der Waals surface area contributed by atoms with E-state index < -0.39 is 15.8 Å². The van der Waals surface area contributed by atoms with Gasteiger partial charge in [-0.15, -0.1) is 0 Å². The molecule has 1 aliphatic heterocycles.